The molecule has 2 aromatic rings. The summed E-state index contributed by atoms with van der Waals surface area (Å²) >= 11 is 0. The van der Waals surface area contributed by atoms with Gasteiger partial charge >= 0.3 is 12.0 Å². The summed E-state index contributed by atoms with van der Waals surface area (Å²) in [5.74, 6) is -1.06. The first-order valence-electron chi connectivity index (χ1n) is 6.59. The van der Waals surface area contributed by atoms with Crippen LogP contribution < -0.4 is 5.32 Å². The summed E-state index contributed by atoms with van der Waals surface area (Å²) in [7, 11) is 1.46. The highest BCUT2D eigenvalue weighted by Gasteiger charge is 2.35. The number of fused-ring (bicyclic) bond motifs is 1. The summed E-state index contributed by atoms with van der Waals surface area (Å²) in [6, 6.07) is 12.9. The van der Waals surface area contributed by atoms with Crippen LogP contribution in [-0.2, 0) is 4.79 Å². The number of likely N-dealkylation sites (N-methyl/N-ethyl adjacent to an activating group) is 1. The molecule has 21 heavy (non-hydrogen) atoms. The molecule has 2 amide bonds. The van der Waals surface area contributed by atoms with Gasteiger partial charge in [0.05, 0.1) is 0 Å². The average Bonchev–Trinajstić information content (AvgIpc) is 2.46. The molecule has 0 heterocycles. The number of carboxylic acid groups (broad SMARTS) is 1. The van der Waals surface area contributed by atoms with E-state index >= 15 is 0 Å². The molecule has 5 heteroatoms. The lowest BCUT2D eigenvalue weighted by Gasteiger charge is -2.31. The third kappa shape index (κ3) is 2.97. The highest BCUT2D eigenvalue weighted by molar-refractivity contribution is 5.95. The van der Waals surface area contributed by atoms with Crippen LogP contribution in [0.2, 0.25) is 0 Å². The highest BCUT2D eigenvalue weighted by atomic mass is 16.4. The van der Waals surface area contributed by atoms with Crippen molar-refractivity contribution in [3.63, 3.8) is 0 Å². The van der Waals surface area contributed by atoms with Gasteiger partial charge in [-0.1, -0.05) is 30.3 Å². The van der Waals surface area contributed by atoms with Crippen molar-refractivity contribution in [2.75, 3.05) is 12.4 Å². The quantitative estimate of drug-likeness (QED) is 0.910. The number of aliphatic carboxylic acids is 1. The first-order chi connectivity index (χ1) is 9.82. The molecule has 0 aliphatic heterocycles. The Bertz CT molecular complexity index is 695. The minimum atomic E-state index is -1.28. The van der Waals surface area contributed by atoms with Gasteiger partial charge in [0.25, 0.3) is 0 Å². The zero-order valence-corrected chi connectivity index (χ0v) is 12.3. The second kappa shape index (κ2) is 5.44. The number of carboxylic acids is 1. The van der Waals surface area contributed by atoms with E-state index in [9.17, 15) is 9.59 Å². The number of urea groups is 1. The molecule has 0 unspecified atom stereocenters. The van der Waals surface area contributed by atoms with Crippen LogP contribution in [0.25, 0.3) is 10.8 Å². The monoisotopic (exact) mass is 286 g/mol. The van der Waals surface area contributed by atoms with Gasteiger partial charge in [0, 0.05) is 12.7 Å². The van der Waals surface area contributed by atoms with Crippen molar-refractivity contribution in [1.82, 2.24) is 4.90 Å². The van der Waals surface area contributed by atoms with Crippen LogP contribution >= 0.6 is 0 Å². The highest BCUT2D eigenvalue weighted by Crippen LogP contribution is 2.20. The number of hydrogen-bond donors (Lipinski definition) is 2. The Morgan fingerprint density at radius 2 is 1.71 bits per heavy atom. The van der Waals surface area contributed by atoms with Crippen LogP contribution in [0.5, 0.6) is 0 Å². The van der Waals surface area contributed by atoms with Gasteiger partial charge in [0.2, 0.25) is 0 Å². The molecule has 0 radical (unpaired) electrons. The fraction of sp³-hybridized carbons (Fsp3) is 0.250. The van der Waals surface area contributed by atoms with Gasteiger partial charge in [-0.25, -0.2) is 9.59 Å². The summed E-state index contributed by atoms with van der Waals surface area (Å²) in [5.41, 5.74) is -0.646. The summed E-state index contributed by atoms with van der Waals surface area (Å²) in [4.78, 5) is 24.5. The van der Waals surface area contributed by atoms with E-state index in [4.69, 9.17) is 5.11 Å². The van der Waals surface area contributed by atoms with Crippen molar-refractivity contribution in [2.24, 2.45) is 0 Å². The van der Waals surface area contributed by atoms with Gasteiger partial charge in [-0.05, 0) is 36.8 Å². The zero-order valence-electron chi connectivity index (χ0n) is 12.3. The minimum Gasteiger partial charge on any atom is -0.480 e. The first-order valence-corrected chi connectivity index (χ1v) is 6.59. The molecule has 0 spiro atoms. The van der Waals surface area contributed by atoms with Crippen LogP contribution in [0, 0.1) is 0 Å². The molecule has 0 saturated heterocycles. The summed E-state index contributed by atoms with van der Waals surface area (Å²) in [5, 5.41) is 14.0. The topological polar surface area (TPSA) is 69.6 Å². The van der Waals surface area contributed by atoms with E-state index in [0.717, 1.165) is 10.8 Å². The lowest BCUT2D eigenvalue weighted by atomic mass is 10.0. The van der Waals surface area contributed by atoms with E-state index < -0.39 is 17.5 Å². The number of nitrogens with one attached hydrogen (secondary N) is 1. The molecule has 0 atom stereocenters. The van der Waals surface area contributed by atoms with Gasteiger partial charge in [-0.3, -0.25) is 0 Å². The second-order valence-corrected chi connectivity index (χ2v) is 5.42. The number of amides is 2. The fourth-order valence-electron chi connectivity index (χ4n) is 1.87. The minimum absolute atomic E-state index is 0.460. The van der Waals surface area contributed by atoms with Crippen molar-refractivity contribution in [3.8, 4) is 0 Å². The van der Waals surface area contributed by atoms with Crippen molar-refractivity contribution >= 4 is 28.5 Å². The normalized spacial score (nSPS) is 11.2. The molecule has 2 aromatic carbocycles. The maximum atomic E-state index is 12.2. The Labute approximate surface area is 123 Å². The van der Waals surface area contributed by atoms with Crippen LogP contribution in [0.15, 0.2) is 42.5 Å². The molecule has 0 aromatic heterocycles. The van der Waals surface area contributed by atoms with E-state index in [1.54, 1.807) is 6.07 Å². The third-order valence-electron chi connectivity index (χ3n) is 3.67. The van der Waals surface area contributed by atoms with E-state index in [2.05, 4.69) is 5.32 Å². The fourth-order valence-corrected chi connectivity index (χ4v) is 1.87. The zero-order chi connectivity index (χ0) is 15.6. The molecule has 2 rings (SSSR count). The molecule has 0 fully saturated rings. The van der Waals surface area contributed by atoms with Crippen molar-refractivity contribution in [2.45, 2.75) is 19.4 Å². The van der Waals surface area contributed by atoms with Crippen molar-refractivity contribution in [3.05, 3.63) is 42.5 Å². The standard InChI is InChI=1S/C16H18N2O3/c1-16(2,14(19)20)18(3)15(21)17-13-9-8-11-6-4-5-7-12(11)10-13/h4-10H,1-3H3,(H,17,21)(H,19,20). The van der Waals surface area contributed by atoms with E-state index in [1.807, 2.05) is 36.4 Å². The molecule has 5 nitrogen and oxygen atoms in total. The van der Waals surface area contributed by atoms with Crippen LogP contribution in [0.3, 0.4) is 0 Å². The van der Waals surface area contributed by atoms with Crippen LogP contribution in [-0.4, -0.2) is 34.6 Å². The summed E-state index contributed by atoms with van der Waals surface area (Å²) < 4.78 is 0. The third-order valence-corrected chi connectivity index (χ3v) is 3.67. The van der Waals surface area contributed by atoms with E-state index in [-0.39, 0.29) is 0 Å². The lowest BCUT2D eigenvalue weighted by Crippen LogP contribution is -2.52. The number of anilines is 1. The molecule has 0 bridgehead atoms. The number of rotatable bonds is 3. The molecule has 0 aliphatic rings. The van der Waals surface area contributed by atoms with Gasteiger partial charge in [0.1, 0.15) is 5.54 Å². The maximum Gasteiger partial charge on any atom is 0.329 e. The maximum absolute atomic E-state index is 12.2. The second-order valence-electron chi connectivity index (χ2n) is 5.42. The molecule has 0 saturated carbocycles. The summed E-state index contributed by atoms with van der Waals surface area (Å²) in [6.07, 6.45) is 0. The number of carbonyl (C=O) groups is 2. The van der Waals surface area contributed by atoms with Gasteiger partial charge in [0.15, 0.2) is 0 Å². The Balaban J connectivity index is 2.20. The summed E-state index contributed by atoms with van der Waals surface area (Å²) in [6.45, 7) is 2.96. The Kier molecular flexibility index (Phi) is 3.84. The molecular formula is C16H18N2O3. The predicted octanol–water partition coefficient (Wildman–Crippen LogP) is 3.17. The number of nitrogens with zero attached hydrogens (tertiary/aromatic N) is 1. The average molecular weight is 286 g/mol. The first kappa shape index (κ1) is 14.8. The molecular weight excluding hydrogens is 268 g/mol. The van der Waals surface area contributed by atoms with Gasteiger partial charge in [-0.15, -0.1) is 0 Å². The van der Waals surface area contributed by atoms with E-state index in [1.165, 1.54) is 25.8 Å². The Morgan fingerprint density at radius 1 is 1.10 bits per heavy atom. The van der Waals surface area contributed by atoms with E-state index in [0.29, 0.717) is 5.69 Å². The van der Waals surface area contributed by atoms with Crippen molar-refractivity contribution < 1.29 is 14.7 Å². The molecule has 110 valence electrons. The lowest BCUT2D eigenvalue weighted by molar-refractivity contribution is -0.146. The van der Waals surface area contributed by atoms with Gasteiger partial charge in [-0.2, -0.15) is 0 Å². The van der Waals surface area contributed by atoms with Gasteiger partial charge < -0.3 is 15.3 Å². The molecule has 2 N–H and O–H groups in total. The van der Waals surface area contributed by atoms with Crippen LogP contribution in [0.1, 0.15) is 13.8 Å². The Morgan fingerprint density at radius 3 is 2.33 bits per heavy atom. The number of carbonyl (C=O) groups excluding carboxylic acids is 1. The van der Waals surface area contributed by atoms with Crippen LogP contribution in [0.4, 0.5) is 10.5 Å². The number of benzene rings is 2. The van der Waals surface area contributed by atoms with Crippen molar-refractivity contribution in [1.29, 1.82) is 0 Å². The molecule has 0 aliphatic carbocycles. The number of hydrogen-bond acceptors (Lipinski definition) is 2. The smallest absolute Gasteiger partial charge is 0.329 e. The Hall–Kier alpha value is -2.56. The SMILES string of the molecule is CN(C(=O)Nc1ccc2ccccc2c1)C(C)(C)C(=O)O. The predicted molar refractivity (Wildman–Crippen MR) is 82.4 cm³/mol. The largest absolute Gasteiger partial charge is 0.480 e.